The fourth-order valence-corrected chi connectivity index (χ4v) is 2.58. The Kier molecular flexibility index (Phi) is 5.67. The Hall–Kier alpha value is -3.40. The Labute approximate surface area is 158 Å². The number of carbonyl (C=O) groups excluding carboxylic acids is 2. The Morgan fingerprint density at radius 2 is 1.78 bits per heavy atom. The van der Waals surface area contributed by atoms with E-state index >= 15 is 0 Å². The van der Waals surface area contributed by atoms with E-state index in [2.05, 4.69) is 0 Å². The van der Waals surface area contributed by atoms with Gasteiger partial charge in [0.25, 0.3) is 0 Å². The summed E-state index contributed by atoms with van der Waals surface area (Å²) >= 11 is 0. The number of rotatable bonds is 6. The quantitative estimate of drug-likeness (QED) is 0.339. The summed E-state index contributed by atoms with van der Waals surface area (Å²) in [6.07, 6.45) is 3.13. The minimum atomic E-state index is -0.366. The molecule has 0 spiro atoms. The second kappa shape index (κ2) is 8.32. The van der Waals surface area contributed by atoms with Gasteiger partial charge in [-0.1, -0.05) is 42.0 Å². The Morgan fingerprint density at radius 1 is 1.00 bits per heavy atom. The molecule has 0 bridgehead atoms. The predicted molar refractivity (Wildman–Crippen MR) is 105 cm³/mol. The molecule has 136 valence electrons. The van der Waals surface area contributed by atoms with Crippen LogP contribution in [0.3, 0.4) is 0 Å². The molecule has 4 nitrogen and oxygen atoms in total. The van der Waals surface area contributed by atoms with Gasteiger partial charge in [0.2, 0.25) is 0 Å². The van der Waals surface area contributed by atoms with Crippen molar-refractivity contribution in [2.75, 3.05) is 6.61 Å². The molecule has 0 N–H and O–H groups in total. The lowest BCUT2D eigenvalue weighted by Gasteiger charge is -2.03. The third kappa shape index (κ3) is 4.61. The van der Waals surface area contributed by atoms with E-state index in [4.69, 9.17) is 9.15 Å². The molecule has 0 saturated carbocycles. The Balaban J connectivity index is 1.75. The average Bonchev–Trinajstić information content (AvgIpc) is 3.16. The van der Waals surface area contributed by atoms with Crippen molar-refractivity contribution in [3.63, 3.8) is 0 Å². The molecule has 0 saturated heterocycles. The third-order valence-electron chi connectivity index (χ3n) is 4.02. The topological polar surface area (TPSA) is 56.5 Å². The van der Waals surface area contributed by atoms with Crippen LogP contribution in [-0.4, -0.2) is 18.4 Å². The van der Waals surface area contributed by atoms with Crippen LogP contribution in [0, 0.1) is 6.92 Å². The van der Waals surface area contributed by atoms with Crippen LogP contribution in [0.2, 0.25) is 0 Å². The number of carbonyl (C=O) groups is 2. The third-order valence-corrected chi connectivity index (χ3v) is 4.02. The van der Waals surface area contributed by atoms with Crippen LogP contribution in [0.4, 0.5) is 0 Å². The van der Waals surface area contributed by atoms with Gasteiger partial charge in [0, 0.05) is 11.1 Å². The number of hydrogen-bond donors (Lipinski definition) is 0. The fraction of sp³-hybridized carbons (Fsp3) is 0.130. The smallest absolute Gasteiger partial charge is 0.338 e. The Bertz CT molecular complexity index is 978. The standard InChI is InChI=1S/C23H20O4/c1-3-26-23(25)19-6-4-5-18(15-19)22-14-12-20(27-22)11-13-21(24)17-9-7-16(2)8-10-17/h4-15H,3H2,1-2H3/b13-11+. The van der Waals surface area contributed by atoms with E-state index in [1.54, 1.807) is 55.5 Å². The first-order valence-electron chi connectivity index (χ1n) is 8.73. The molecule has 0 aliphatic carbocycles. The van der Waals surface area contributed by atoms with Gasteiger partial charge < -0.3 is 9.15 Å². The number of furan rings is 1. The molecule has 2 aromatic carbocycles. The highest BCUT2D eigenvalue weighted by Crippen LogP contribution is 2.24. The minimum Gasteiger partial charge on any atom is -0.462 e. The van der Waals surface area contributed by atoms with Crippen molar-refractivity contribution in [1.29, 1.82) is 0 Å². The number of benzene rings is 2. The number of hydrogen-bond acceptors (Lipinski definition) is 4. The minimum absolute atomic E-state index is 0.0859. The van der Waals surface area contributed by atoms with E-state index in [0.717, 1.165) is 11.1 Å². The number of esters is 1. The molecule has 3 aromatic rings. The first kappa shape index (κ1) is 18.4. The van der Waals surface area contributed by atoms with Crippen LogP contribution < -0.4 is 0 Å². The maximum absolute atomic E-state index is 12.2. The van der Waals surface area contributed by atoms with Crippen LogP contribution in [0.5, 0.6) is 0 Å². The fourth-order valence-electron chi connectivity index (χ4n) is 2.58. The van der Waals surface area contributed by atoms with E-state index in [9.17, 15) is 9.59 Å². The molecule has 1 heterocycles. The van der Waals surface area contributed by atoms with Crippen molar-refractivity contribution in [2.45, 2.75) is 13.8 Å². The van der Waals surface area contributed by atoms with Crippen LogP contribution in [-0.2, 0) is 4.74 Å². The SMILES string of the molecule is CCOC(=O)c1cccc(-c2ccc(/C=C/C(=O)c3ccc(C)cc3)o2)c1. The lowest BCUT2D eigenvalue weighted by atomic mass is 10.1. The predicted octanol–water partition coefficient (Wildman–Crippen LogP) is 5.33. The lowest BCUT2D eigenvalue weighted by molar-refractivity contribution is 0.0526. The first-order valence-corrected chi connectivity index (χ1v) is 8.73. The molecule has 3 rings (SSSR count). The Morgan fingerprint density at radius 3 is 2.52 bits per heavy atom. The monoisotopic (exact) mass is 360 g/mol. The molecular formula is C23H20O4. The molecule has 0 fully saturated rings. The summed E-state index contributed by atoms with van der Waals surface area (Å²) in [5, 5.41) is 0. The summed E-state index contributed by atoms with van der Waals surface area (Å²) in [5.41, 5.74) is 2.98. The van der Waals surface area contributed by atoms with Crippen molar-refractivity contribution in [2.24, 2.45) is 0 Å². The zero-order chi connectivity index (χ0) is 19.2. The second-order valence-corrected chi connectivity index (χ2v) is 6.07. The maximum Gasteiger partial charge on any atom is 0.338 e. The average molecular weight is 360 g/mol. The number of aryl methyl sites for hydroxylation is 1. The lowest BCUT2D eigenvalue weighted by Crippen LogP contribution is -2.04. The van der Waals surface area contributed by atoms with Crippen molar-refractivity contribution in [3.8, 4) is 11.3 Å². The van der Waals surface area contributed by atoms with Crippen LogP contribution in [0.25, 0.3) is 17.4 Å². The largest absolute Gasteiger partial charge is 0.462 e. The van der Waals surface area contributed by atoms with Gasteiger partial charge in [-0.25, -0.2) is 4.79 Å². The molecule has 0 aliphatic heterocycles. The van der Waals surface area contributed by atoms with E-state index in [1.165, 1.54) is 6.08 Å². The van der Waals surface area contributed by atoms with Crippen molar-refractivity contribution >= 4 is 17.8 Å². The highest BCUT2D eigenvalue weighted by molar-refractivity contribution is 6.06. The highest BCUT2D eigenvalue weighted by atomic mass is 16.5. The van der Waals surface area contributed by atoms with Gasteiger partial charge in [-0.05, 0) is 50.3 Å². The summed E-state index contributed by atoms with van der Waals surface area (Å²) in [6, 6.07) is 18.1. The molecule has 0 amide bonds. The van der Waals surface area contributed by atoms with Crippen molar-refractivity contribution < 1.29 is 18.7 Å². The molecule has 27 heavy (non-hydrogen) atoms. The molecule has 0 unspecified atom stereocenters. The zero-order valence-electron chi connectivity index (χ0n) is 15.3. The normalized spacial score (nSPS) is 10.9. The van der Waals surface area contributed by atoms with Gasteiger partial charge in [-0.3, -0.25) is 4.79 Å². The van der Waals surface area contributed by atoms with Crippen LogP contribution >= 0.6 is 0 Å². The summed E-state index contributed by atoms with van der Waals surface area (Å²) in [7, 11) is 0. The number of ether oxygens (including phenoxy) is 1. The van der Waals surface area contributed by atoms with Gasteiger partial charge in [0.1, 0.15) is 11.5 Å². The van der Waals surface area contributed by atoms with Crippen LogP contribution in [0.1, 0.15) is 39.0 Å². The van der Waals surface area contributed by atoms with Gasteiger partial charge in [-0.15, -0.1) is 0 Å². The maximum atomic E-state index is 12.2. The molecule has 0 radical (unpaired) electrons. The molecular weight excluding hydrogens is 340 g/mol. The molecule has 1 aromatic heterocycles. The number of allylic oxidation sites excluding steroid dienone is 1. The van der Waals surface area contributed by atoms with Gasteiger partial charge in [0.05, 0.1) is 12.2 Å². The number of ketones is 1. The van der Waals surface area contributed by atoms with Crippen molar-refractivity contribution in [3.05, 3.63) is 89.2 Å². The van der Waals surface area contributed by atoms with E-state index in [1.807, 2.05) is 25.1 Å². The highest BCUT2D eigenvalue weighted by Gasteiger charge is 2.10. The van der Waals surface area contributed by atoms with E-state index in [0.29, 0.717) is 29.3 Å². The summed E-state index contributed by atoms with van der Waals surface area (Å²) in [6.45, 7) is 4.07. The van der Waals surface area contributed by atoms with E-state index in [-0.39, 0.29) is 11.8 Å². The van der Waals surface area contributed by atoms with Gasteiger partial charge in [0.15, 0.2) is 5.78 Å². The van der Waals surface area contributed by atoms with Crippen molar-refractivity contribution in [1.82, 2.24) is 0 Å². The first-order chi connectivity index (χ1) is 13.1. The zero-order valence-corrected chi connectivity index (χ0v) is 15.3. The summed E-state index contributed by atoms with van der Waals surface area (Å²) < 4.78 is 10.8. The molecule has 0 atom stereocenters. The molecule has 4 heteroatoms. The molecule has 0 aliphatic rings. The van der Waals surface area contributed by atoms with E-state index < -0.39 is 0 Å². The van der Waals surface area contributed by atoms with Gasteiger partial charge >= 0.3 is 5.97 Å². The van der Waals surface area contributed by atoms with Gasteiger partial charge in [-0.2, -0.15) is 0 Å². The van der Waals surface area contributed by atoms with Crippen LogP contribution in [0.15, 0.2) is 71.2 Å². The summed E-state index contributed by atoms with van der Waals surface area (Å²) in [5.74, 6) is 0.725. The summed E-state index contributed by atoms with van der Waals surface area (Å²) in [4.78, 5) is 24.1. The second-order valence-electron chi connectivity index (χ2n) is 6.07.